The summed E-state index contributed by atoms with van der Waals surface area (Å²) in [4.78, 5) is 0. The van der Waals surface area contributed by atoms with Crippen LogP contribution in [0.5, 0.6) is 0 Å². The van der Waals surface area contributed by atoms with Gasteiger partial charge in [0.2, 0.25) is 0 Å². The molecule has 3 heteroatoms. The molecule has 0 aromatic carbocycles. The smallest absolute Gasteiger partial charge is 0.0521 e. The van der Waals surface area contributed by atoms with Crippen LogP contribution in [0.15, 0.2) is 12.4 Å². The number of hydrogen-bond donors (Lipinski definition) is 1. The van der Waals surface area contributed by atoms with E-state index in [2.05, 4.69) is 25.1 Å². The van der Waals surface area contributed by atoms with Crippen molar-refractivity contribution in [2.75, 3.05) is 0 Å². The first kappa shape index (κ1) is 11.2. The number of nitrogens with zero attached hydrogens (tertiary/aromatic N) is 2. The summed E-state index contributed by atoms with van der Waals surface area (Å²) >= 11 is 0. The van der Waals surface area contributed by atoms with Gasteiger partial charge in [-0.2, -0.15) is 5.10 Å². The molecule has 0 radical (unpaired) electrons. The molecule has 0 aliphatic carbocycles. The van der Waals surface area contributed by atoms with E-state index in [0.29, 0.717) is 5.92 Å². The molecule has 1 aromatic rings. The summed E-state index contributed by atoms with van der Waals surface area (Å²) in [5, 5.41) is 4.31. The lowest BCUT2D eigenvalue weighted by atomic mass is 10.1. The lowest BCUT2D eigenvalue weighted by Crippen LogP contribution is -2.15. The second-order valence-electron chi connectivity index (χ2n) is 4.48. The molecule has 0 saturated carbocycles. The van der Waals surface area contributed by atoms with Gasteiger partial charge in [0, 0.05) is 18.8 Å². The van der Waals surface area contributed by atoms with Gasteiger partial charge in [0.25, 0.3) is 0 Å². The van der Waals surface area contributed by atoms with Crippen LogP contribution in [0, 0.1) is 5.92 Å². The normalized spacial score (nSPS) is 13.5. The van der Waals surface area contributed by atoms with Crippen molar-refractivity contribution in [1.82, 2.24) is 9.78 Å². The van der Waals surface area contributed by atoms with Crippen molar-refractivity contribution in [2.24, 2.45) is 11.7 Å². The van der Waals surface area contributed by atoms with E-state index >= 15 is 0 Å². The summed E-state index contributed by atoms with van der Waals surface area (Å²) in [7, 11) is 0. The minimum atomic E-state index is 0.281. The lowest BCUT2D eigenvalue weighted by Gasteiger charge is -2.04. The highest BCUT2D eigenvalue weighted by atomic mass is 15.3. The number of aryl methyl sites for hydroxylation is 1. The van der Waals surface area contributed by atoms with E-state index in [1.165, 1.54) is 5.56 Å². The van der Waals surface area contributed by atoms with Crippen molar-refractivity contribution in [2.45, 2.75) is 46.2 Å². The minimum absolute atomic E-state index is 0.281. The van der Waals surface area contributed by atoms with Gasteiger partial charge in [-0.15, -0.1) is 0 Å². The zero-order chi connectivity index (χ0) is 10.6. The van der Waals surface area contributed by atoms with Gasteiger partial charge in [-0.05, 0) is 31.2 Å². The van der Waals surface area contributed by atoms with Gasteiger partial charge in [-0.3, -0.25) is 4.68 Å². The second kappa shape index (κ2) is 5.15. The molecule has 0 aliphatic rings. The standard InChI is InChI=1S/C11H21N3/c1-9(2)7-14-8-11(6-13-14)5-4-10(3)12/h6,8-10H,4-5,7,12H2,1-3H3/t10-/m0/s1. The highest BCUT2D eigenvalue weighted by Gasteiger charge is 2.02. The van der Waals surface area contributed by atoms with Crippen molar-refractivity contribution in [3.63, 3.8) is 0 Å². The zero-order valence-corrected chi connectivity index (χ0v) is 9.40. The minimum Gasteiger partial charge on any atom is -0.328 e. The molecular formula is C11H21N3. The van der Waals surface area contributed by atoms with Gasteiger partial charge in [0.15, 0.2) is 0 Å². The van der Waals surface area contributed by atoms with Crippen molar-refractivity contribution in [3.8, 4) is 0 Å². The zero-order valence-electron chi connectivity index (χ0n) is 9.40. The Kier molecular flexibility index (Phi) is 4.14. The molecule has 0 unspecified atom stereocenters. The summed E-state index contributed by atoms with van der Waals surface area (Å²) in [6.07, 6.45) is 6.15. The average Bonchev–Trinajstić information content (AvgIpc) is 2.47. The summed E-state index contributed by atoms with van der Waals surface area (Å²) in [5.74, 6) is 0.649. The molecule has 14 heavy (non-hydrogen) atoms. The first-order chi connectivity index (χ1) is 6.58. The van der Waals surface area contributed by atoms with Crippen LogP contribution in [-0.4, -0.2) is 15.8 Å². The first-order valence-electron chi connectivity index (χ1n) is 5.35. The van der Waals surface area contributed by atoms with Crippen molar-refractivity contribution < 1.29 is 0 Å². The molecular weight excluding hydrogens is 174 g/mol. The van der Waals surface area contributed by atoms with E-state index < -0.39 is 0 Å². The molecule has 2 N–H and O–H groups in total. The van der Waals surface area contributed by atoms with Crippen LogP contribution in [0.2, 0.25) is 0 Å². The topological polar surface area (TPSA) is 43.8 Å². The van der Waals surface area contributed by atoms with E-state index in [1.807, 2.05) is 17.8 Å². The van der Waals surface area contributed by atoms with Crippen LogP contribution in [-0.2, 0) is 13.0 Å². The van der Waals surface area contributed by atoms with E-state index in [1.54, 1.807) is 0 Å². The largest absolute Gasteiger partial charge is 0.328 e. The molecule has 1 heterocycles. The average molecular weight is 195 g/mol. The molecule has 1 aromatic heterocycles. The highest BCUT2D eigenvalue weighted by Crippen LogP contribution is 2.05. The third kappa shape index (κ3) is 3.92. The Morgan fingerprint density at radius 2 is 2.14 bits per heavy atom. The lowest BCUT2D eigenvalue weighted by molar-refractivity contribution is 0.483. The van der Waals surface area contributed by atoms with Crippen LogP contribution in [0.25, 0.3) is 0 Å². The van der Waals surface area contributed by atoms with Crippen molar-refractivity contribution in [3.05, 3.63) is 18.0 Å². The Bertz CT molecular complexity index is 263. The maximum absolute atomic E-state index is 5.70. The molecule has 0 bridgehead atoms. The summed E-state index contributed by atoms with van der Waals surface area (Å²) in [6.45, 7) is 7.43. The maximum atomic E-state index is 5.70. The van der Waals surface area contributed by atoms with Gasteiger partial charge in [0.1, 0.15) is 0 Å². The highest BCUT2D eigenvalue weighted by molar-refractivity contribution is 5.04. The number of aromatic nitrogens is 2. The Morgan fingerprint density at radius 3 is 2.71 bits per heavy atom. The van der Waals surface area contributed by atoms with Gasteiger partial charge < -0.3 is 5.73 Å². The van der Waals surface area contributed by atoms with Gasteiger partial charge in [0.05, 0.1) is 6.20 Å². The van der Waals surface area contributed by atoms with Crippen LogP contribution in [0.3, 0.4) is 0 Å². The molecule has 0 fully saturated rings. The fourth-order valence-corrected chi connectivity index (χ4v) is 1.40. The van der Waals surface area contributed by atoms with E-state index in [9.17, 15) is 0 Å². The van der Waals surface area contributed by atoms with Crippen molar-refractivity contribution in [1.29, 1.82) is 0 Å². The van der Waals surface area contributed by atoms with Crippen LogP contribution in [0.1, 0.15) is 32.8 Å². The van der Waals surface area contributed by atoms with Gasteiger partial charge in [-0.1, -0.05) is 13.8 Å². The van der Waals surface area contributed by atoms with Gasteiger partial charge in [-0.25, -0.2) is 0 Å². The quantitative estimate of drug-likeness (QED) is 0.779. The number of hydrogen-bond acceptors (Lipinski definition) is 2. The van der Waals surface area contributed by atoms with Crippen LogP contribution < -0.4 is 5.73 Å². The van der Waals surface area contributed by atoms with Crippen LogP contribution >= 0.6 is 0 Å². The van der Waals surface area contributed by atoms with Gasteiger partial charge >= 0.3 is 0 Å². The first-order valence-corrected chi connectivity index (χ1v) is 5.35. The summed E-state index contributed by atoms with van der Waals surface area (Å²) in [6, 6.07) is 0.281. The molecule has 0 aliphatic heterocycles. The van der Waals surface area contributed by atoms with E-state index in [4.69, 9.17) is 5.73 Å². The molecule has 1 atom stereocenters. The SMILES string of the molecule is CC(C)Cn1cc(CC[C@H](C)N)cn1. The predicted molar refractivity (Wildman–Crippen MR) is 59.0 cm³/mol. The Labute approximate surface area is 86.3 Å². The summed E-state index contributed by atoms with van der Waals surface area (Å²) < 4.78 is 2.02. The van der Waals surface area contributed by atoms with Crippen molar-refractivity contribution >= 4 is 0 Å². The fourth-order valence-electron chi connectivity index (χ4n) is 1.40. The molecule has 3 nitrogen and oxygen atoms in total. The predicted octanol–water partition coefficient (Wildman–Crippen LogP) is 1.82. The summed E-state index contributed by atoms with van der Waals surface area (Å²) in [5.41, 5.74) is 6.99. The third-order valence-corrected chi connectivity index (χ3v) is 2.13. The third-order valence-electron chi connectivity index (χ3n) is 2.13. The molecule has 0 spiro atoms. The Balaban J connectivity index is 2.42. The molecule has 1 rings (SSSR count). The van der Waals surface area contributed by atoms with Crippen LogP contribution in [0.4, 0.5) is 0 Å². The Hall–Kier alpha value is -0.830. The Morgan fingerprint density at radius 1 is 1.43 bits per heavy atom. The monoisotopic (exact) mass is 195 g/mol. The number of nitrogens with two attached hydrogens (primary N) is 1. The fraction of sp³-hybridized carbons (Fsp3) is 0.727. The van der Waals surface area contributed by atoms with E-state index in [0.717, 1.165) is 19.4 Å². The molecule has 80 valence electrons. The molecule has 0 saturated heterocycles. The second-order valence-corrected chi connectivity index (χ2v) is 4.48. The number of rotatable bonds is 5. The molecule has 0 amide bonds. The maximum Gasteiger partial charge on any atom is 0.0521 e. The van der Waals surface area contributed by atoms with E-state index in [-0.39, 0.29) is 6.04 Å².